The number of carbonyl (C=O) groups excluding carboxylic acids is 2. The summed E-state index contributed by atoms with van der Waals surface area (Å²) in [5.41, 5.74) is 3.20. The van der Waals surface area contributed by atoms with Crippen molar-refractivity contribution < 1.29 is 14.3 Å². The van der Waals surface area contributed by atoms with Crippen molar-refractivity contribution in [2.45, 2.75) is 0 Å². The van der Waals surface area contributed by atoms with Gasteiger partial charge in [0.05, 0.1) is 16.9 Å². The van der Waals surface area contributed by atoms with Crippen LogP contribution in [0.4, 0.5) is 5.69 Å². The van der Waals surface area contributed by atoms with Gasteiger partial charge in [-0.3, -0.25) is 9.59 Å². The summed E-state index contributed by atoms with van der Waals surface area (Å²) in [5.74, 6) is -1.13. The van der Waals surface area contributed by atoms with Crippen LogP contribution in [-0.2, 0) is 9.59 Å². The molecule has 0 heterocycles. The van der Waals surface area contributed by atoms with Crippen molar-refractivity contribution >= 4 is 35.3 Å². The third kappa shape index (κ3) is 5.78. The first kappa shape index (κ1) is 18.2. The van der Waals surface area contributed by atoms with Crippen molar-refractivity contribution in [3.8, 4) is 5.75 Å². The molecule has 0 saturated heterocycles. The molecule has 128 valence electrons. The number of halogens is 1. The quantitative estimate of drug-likeness (QED) is 0.361. The highest BCUT2D eigenvalue weighted by molar-refractivity contribution is 6.41. The Kier molecular flexibility index (Phi) is 6.74. The second-order valence-corrected chi connectivity index (χ2v) is 5.21. The standard InChI is InChI=1S/C18H16ClN3O3/c1-2-10-25-14-7-5-6-13(11-14)12-20-22-18(24)17(23)21-16-9-4-3-8-15(16)19/h2-9,11-12H,1,10H2,(H,21,23)(H,22,24)/b20-12-. The smallest absolute Gasteiger partial charge is 0.329 e. The van der Waals surface area contributed by atoms with Gasteiger partial charge in [-0.1, -0.05) is 48.5 Å². The van der Waals surface area contributed by atoms with Crippen molar-refractivity contribution in [3.05, 3.63) is 71.8 Å². The Morgan fingerprint density at radius 2 is 1.96 bits per heavy atom. The van der Waals surface area contributed by atoms with Crippen molar-refractivity contribution in [3.63, 3.8) is 0 Å². The van der Waals surface area contributed by atoms with Crippen LogP contribution < -0.4 is 15.5 Å². The minimum absolute atomic E-state index is 0.337. The first-order valence-corrected chi connectivity index (χ1v) is 7.70. The summed E-state index contributed by atoms with van der Waals surface area (Å²) in [7, 11) is 0. The largest absolute Gasteiger partial charge is 0.490 e. The molecule has 2 aromatic rings. The van der Waals surface area contributed by atoms with Crippen LogP contribution in [0.3, 0.4) is 0 Å². The van der Waals surface area contributed by atoms with E-state index in [2.05, 4.69) is 22.4 Å². The molecule has 2 N–H and O–H groups in total. The lowest BCUT2D eigenvalue weighted by Crippen LogP contribution is -2.32. The highest BCUT2D eigenvalue weighted by Gasteiger charge is 2.14. The molecular weight excluding hydrogens is 342 g/mol. The van der Waals surface area contributed by atoms with Crippen molar-refractivity contribution in [2.24, 2.45) is 5.10 Å². The molecule has 7 heteroatoms. The SMILES string of the molecule is C=CCOc1cccc(/C=N\NC(=O)C(=O)Nc2ccccc2Cl)c1. The van der Waals surface area contributed by atoms with Crippen LogP contribution in [0, 0.1) is 0 Å². The fourth-order valence-electron chi connectivity index (χ4n) is 1.80. The molecule has 0 unspecified atom stereocenters. The Hall–Kier alpha value is -3.12. The van der Waals surface area contributed by atoms with Gasteiger partial charge in [0.2, 0.25) is 0 Å². The van der Waals surface area contributed by atoms with Gasteiger partial charge < -0.3 is 10.1 Å². The zero-order valence-electron chi connectivity index (χ0n) is 13.2. The van der Waals surface area contributed by atoms with Crippen LogP contribution in [0.5, 0.6) is 5.75 Å². The number of hydrogen-bond donors (Lipinski definition) is 2. The number of nitrogens with zero attached hydrogens (tertiary/aromatic N) is 1. The number of benzene rings is 2. The van der Waals surface area contributed by atoms with Gasteiger partial charge in [-0.15, -0.1) is 0 Å². The highest BCUT2D eigenvalue weighted by Crippen LogP contribution is 2.20. The molecule has 0 saturated carbocycles. The second-order valence-electron chi connectivity index (χ2n) is 4.81. The van der Waals surface area contributed by atoms with E-state index in [1.54, 1.807) is 54.6 Å². The molecule has 0 fully saturated rings. The Morgan fingerprint density at radius 3 is 2.72 bits per heavy atom. The van der Waals surface area contributed by atoms with E-state index in [-0.39, 0.29) is 0 Å². The minimum atomic E-state index is -0.907. The van der Waals surface area contributed by atoms with Crippen LogP contribution in [0.2, 0.25) is 5.02 Å². The lowest BCUT2D eigenvalue weighted by atomic mass is 10.2. The monoisotopic (exact) mass is 357 g/mol. The third-order valence-corrected chi connectivity index (χ3v) is 3.26. The number of ether oxygens (including phenoxy) is 1. The van der Waals surface area contributed by atoms with Crippen LogP contribution >= 0.6 is 11.6 Å². The lowest BCUT2D eigenvalue weighted by molar-refractivity contribution is -0.136. The Balaban J connectivity index is 1.90. The predicted molar refractivity (Wildman–Crippen MR) is 98.0 cm³/mol. The van der Waals surface area contributed by atoms with Gasteiger partial charge in [0, 0.05) is 0 Å². The molecule has 0 radical (unpaired) electrons. The summed E-state index contributed by atoms with van der Waals surface area (Å²) >= 11 is 5.91. The van der Waals surface area contributed by atoms with E-state index in [1.807, 2.05) is 0 Å². The maximum absolute atomic E-state index is 11.8. The molecule has 2 amide bonds. The zero-order chi connectivity index (χ0) is 18.1. The number of hydrogen-bond acceptors (Lipinski definition) is 4. The summed E-state index contributed by atoms with van der Waals surface area (Å²) in [6, 6.07) is 13.7. The molecule has 6 nitrogen and oxygen atoms in total. The Labute approximate surface area is 150 Å². The van der Waals surface area contributed by atoms with E-state index >= 15 is 0 Å². The maximum atomic E-state index is 11.8. The van der Waals surface area contributed by atoms with E-state index in [0.29, 0.717) is 28.6 Å². The number of rotatable bonds is 6. The molecule has 2 aromatic carbocycles. The van der Waals surface area contributed by atoms with Crippen LogP contribution in [-0.4, -0.2) is 24.6 Å². The topological polar surface area (TPSA) is 79.8 Å². The van der Waals surface area contributed by atoms with E-state index < -0.39 is 11.8 Å². The lowest BCUT2D eigenvalue weighted by Gasteiger charge is -2.05. The third-order valence-electron chi connectivity index (χ3n) is 2.93. The number of anilines is 1. The number of carbonyl (C=O) groups is 2. The van der Waals surface area contributed by atoms with Crippen LogP contribution in [0.25, 0.3) is 0 Å². The average Bonchev–Trinajstić information content (AvgIpc) is 2.62. The van der Waals surface area contributed by atoms with Gasteiger partial charge in [0.25, 0.3) is 0 Å². The van der Waals surface area contributed by atoms with Gasteiger partial charge in [-0.05, 0) is 29.8 Å². The molecular formula is C18H16ClN3O3. The summed E-state index contributed by atoms with van der Waals surface area (Å²) < 4.78 is 5.40. The van der Waals surface area contributed by atoms with Gasteiger partial charge in [-0.2, -0.15) is 5.10 Å². The summed E-state index contributed by atoms with van der Waals surface area (Å²) in [4.78, 5) is 23.5. The van der Waals surface area contributed by atoms with Gasteiger partial charge in [-0.25, -0.2) is 5.43 Å². The fraction of sp³-hybridized carbons (Fsp3) is 0.0556. The minimum Gasteiger partial charge on any atom is -0.490 e. The van der Waals surface area contributed by atoms with E-state index in [1.165, 1.54) is 6.21 Å². The normalized spacial score (nSPS) is 10.3. The first-order chi connectivity index (χ1) is 12.1. The Bertz CT molecular complexity index is 806. The van der Waals surface area contributed by atoms with Crippen molar-refractivity contribution in [1.82, 2.24) is 5.43 Å². The van der Waals surface area contributed by atoms with Gasteiger partial charge >= 0.3 is 11.8 Å². The zero-order valence-corrected chi connectivity index (χ0v) is 14.0. The van der Waals surface area contributed by atoms with Crippen LogP contribution in [0.1, 0.15) is 5.56 Å². The van der Waals surface area contributed by atoms with E-state index in [9.17, 15) is 9.59 Å². The van der Waals surface area contributed by atoms with Gasteiger partial charge in [0.15, 0.2) is 0 Å². The molecule has 0 bridgehead atoms. The molecule has 0 atom stereocenters. The molecule has 0 aliphatic carbocycles. The molecule has 0 aromatic heterocycles. The number of amides is 2. The summed E-state index contributed by atoms with van der Waals surface area (Å²) in [5, 5.41) is 6.50. The summed E-state index contributed by atoms with van der Waals surface area (Å²) in [6.45, 7) is 3.96. The average molecular weight is 358 g/mol. The first-order valence-electron chi connectivity index (χ1n) is 7.33. The number of para-hydroxylation sites is 1. The Morgan fingerprint density at radius 1 is 1.16 bits per heavy atom. The van der Waals surface area contributed by atoms with Crippen molar-refractivity contribution in [2.75, 3.05) is 11.9 Å². The molecule has 0 aliphatic heterocycles. The van der Waals surface area contributed by atoms with Crippen LogP contribution in [0.15, 0.2) is 66.3 Å². The molecule has 2 rings (SSSR count). The fourth-order valence-corrected chi connectivity index (χ4v) is 1.98. The highest BCUT2D eigenvalue weighted by atomic mass is 35.5. The van der Waals surface area contributed by atoms with Gasteiger partial charge in [0.1, 0.15) is 12.4 Å². The number of hydrazone groups is 1. The van der Waals surface area contributed by atoms with E-state index in [4.69, 9.17) is 16.3 Å². The molecule has 0 aliphatic rings. The van der Waals surface area contributed by atoms with E-state index in [0.717, 1.165) is 0 Å². The predicted octanol–water partition coefficient (Wildman–Crippen LogP) is 2.99. The van der Waals surface area contributed by atoms with Crippen molar-refractivity contribution in [1.29, 1.82) is 0 Å². The summed E-state index contributed by atoms with van der Waals surface area (Å²) in [6.07, 6.45) is 3.04. The molecule has 0 spiro atoms. The number of nitrogens with one attached hydrogen (secondary N) is 2. The molecule has 25 heavy (non-hydrogen) atoms. The maximum Gasteiger partial charge on any atom is 0.329 e. The second kappa shape index (κ2) is 9.24.